The van der Waals surface area contributed by atoms with Crippen LogP contribution in [-0.4, -0.2) is 16.2 Å². The Morgan fingerprint density at radius 3 is 2.81 bits per heavy atom. The number of carboxylic acid groups (broad SMARTS) is 1. The minimum atomic E-state index is -4.59. The molecule has 1 aromatic rings. The maximum atomic E-state index is 12.5. The van der Waals surface area contributed by atoms with Gasteiger partial charge in [-0.3, -0.25) is 4.79 Å². The Morgan fingerprint density at radius 1 is 1.56 bits per heavy atom. The predicted octanol–water partition coefficient (Wildman–Crippen LogP) is 2.20. The molecule has 4 nitrogen and oxygen atoms in total. The monoisotopic (exact) mass is 235 g/mol. The molecule has 16 heavy (non-hydrogen) atoms. The molecule has 0 aliphatic heterocycles. The molecule has 1 aromatic heterocycles. The second-order valence-electron chi connectivity index (χ2n) is 3.70. The van der Waals surface area contributed by atoms with Gasteiger partial charge in [0, 0.05) is 17.9 Å². The second-order valence-corrected chi connectivity index (χ2v) is 3.70. The molecule has 0 saturated heterocycles. The van der Waals surface area contributed by atoms with Gasteiger partial charge in [-0.1, -0.05) is 5.16 Å². The van der Waals surface area contributed by atoms with Gasteiger partial charge in [-0.25, -0.2) is 0 Å². The summed E-state index contributed by atoms with van der Waals surface area (Å²) in [6.07, 6.45) is -4.22. The number of aliphatic carboxylic acids is 1. The van der Waals surface area contributed by atoms with E-state index in [0.29, 0.717) is 12.8 Å². The number of aryl methyl sites for hydroxylation is 1. The molecule has 1 N–H and O–H groups in total. The predicted molar refractivity (Wildman–Crippen MR) is 44.8 cm³/mol. The number of hydrogen-bond acceptors (Lipinski definition) is 3. The summed E-state index contributed by atoms with van der Waals surface area (Å²) in [6, 6.07) is 0. The molecule has 7 heteroatoms. The van der Waals surface area contributed by atoms with Crippen molar-refractivity contribution in [2.45, 2.75) is 31.4 Å². The summed E-state index contributed by atoms with van der Waals surface area (Å²) in [7, 11) is 0. The Bertz CT molecular complexity index is 424. The van der Waals surface area contributed by atoms with Crippen LogP contribution in [0.3, 0.4) is 0 Å². The van der Waals surface area contributed by atoms with E-state index in [-0.39, 0.29) is 17.7 Å². The first-order valence-corrected chi connectivity index (χ1v) is 4.67. The third-order valence-electron chi connectivity index (χ3n) is 2.62. The van der Waals surface area contributed by atoms with Crippen molar-refractivity contribution in [3.05, 3.63) is 17.0 Å². The number of fused-ring (bicyclic) bond motifs is 1. The largest absolute Gasteiger partial charge is 0.481 e. The van der Waals surface area contributed by atoms with Crippen LogP contribution in [0.2, 0.25) is 0 Å². The van der Waals surface area contributed by atoms with Crippen molar-refractivity contribution in [3.63, 3.8) is 0 Å². The average Bonchev–Trinajstić information content (AvgIpc) is 2.65. The summed E-state index contributed by atoms with van der Waals surface area (Å²) in [5.41, 5.74) is -1.15. The van der Waals surface area contributed by atoms with Crippen molar-refractivity contribution in [1.82, 2.24) is 5.16 Å². The van der Waals surface area contributed by atoms with Crippen molar-refractivity contribution in [2.24, 2.45) is 0 Å². The summed E-state index contributed by atoms with van der Waals surface area (Å²) >= 11 is 0. The lowest BCUT2D eigenvalue weighted by molar-refractivity contribution is -0.144. The minimum absolute atomic E-state index is 0.0742. The van der Waals surface area contributed by atoms with Gasteiger partial charge in [-0.15, -0.1) is 0 Å². The van der Waals surface area contributed by atoms with Crippen molar-refractivity contribution >= 4 is 5.97 Å². The van der Waals surface area contributed by atoms with Gasteiger partial charge < -0.3 is 9.63 Å². The Labute approximate surface area is 88.0 Å². The number of carbonyl (C=O) groups is 1. The molecule has 1 atom stereocenters. The minimum Gasteiger partial charge on any atom is -0.481 e. The number of carboxylic acids is 1. The van der Waals surface area contributed by atoms with E-state index in [1.54, 1.807) is 0 Å². The molecule has 0 amide bonds. The van der Waals surface area contributed by atoms with E-state index in [9.17, 15) is 18.0 Å². The lowest BCUT2D eigenvalue weighted by Crippen LogP contribution is -2.12. The summed E-state index contributed by atoms with van der Waals surface area (Å²) in [5, 5.41) is 11.6. The average molecular weight is 235 g/mol. The molecular weight excluding hydrogens is 227 g/mol. The number of nitrogens with zero attached hydrogens (tertiary/aromatic N) is 1. The second kappa shape index (κ2) is 3.50. The lowest BCUT2D eigenvalue weighted by atomic mass is 9.98. The van der Waals surface area contributed by atoms with Crippen molar-refractivity contribution in [3.8, 4) is 0 Å². The van der Waals surface area contributed by atoms with Gasteiger partial charge in [0.05, 0.1) is 6.42 Å². The van der Waals surface area contributed by atoms with Crippen LogP contribution in [0, 0.1) is 0 Å². The van der Waals surface area contributed by atoms with Gasteiger partial charge in [0.25, 0.3) is 0 Å². The number of rotatable bonds is 2. The number of hydrogen-bond donors (Lipinski definition) is 1. The van der Waals surface area contributed by atoms with E-state index < -0.39 is 23.8 Å². The molecular formula is C9H8F3NO3. The SMILES string of the molecule is O=C(O)CC1CCc2onc(C(F)(F)F)c21. The van der Waals surface area contributed by atoms with Crippen LogP contribution in [0.15, 0.2) is 4.52 Å². The molecule has 0 bridgehead atoms. The van der Waals surface area contributed by atoms with Crippen molar-refractivity contribution in [1.29, 1.82) is 0 Å². The molecule has 0 aromatic carbocycles. The van der Waals surface area contributed by atoms with Gasteiger partial charge >= 0.3 is 12.1 Å². The van der Waals surface area contributed by atoms with Gasteiger partial charge in [0.2, 0.25) is 0 Å². The van der Waals surface area contributed by atoms with Crippen LogP contribution >= 0.6 is 0 Å². The highest BCUT2D eigenvalue weighted by molar-refractivity contribution is 5.68. The smallest absolute Gasteiger partial charge is 0.437 e. The fourth-order valence-electron chi connectivity index (χ4n) is 2.00. The number of alkyl halides is 3. The van der Waals surface area contributed by atoms with Crippen molar-refractivity contribution < 1.29 is 27.6 Å². The fraction of sp³-hybridized carbons (Fsp3) is 0.556. The molecule has 0 fully saturated rings. The number of aromatic nitrogens is 1. The molecule has 88 valence electrons. The maximum Gasteiger partial charge on any atom is 0.437 e. The zero-order valence-corrected chi connectivity index (χ0v) is 8.04. The van der Waals surface area contributed by atoms with Crippen LogP contribution in [0.5, 0.6) is 0 Å². The quantitative estimate of drug-likeness (QED) is 0.853. The third kappa shape index (κ3) is 1.77. The highest BCUT2D eigenvalue weighted by Gasteiger charge is 2.43. The topological polar surface area (TPSA) is 63.3 Å². The molecule has 1 unspecified atom stereocenters. The van der Waals surface area contributed by atoms with E-state index in [1.165, 1.54) is 0 Å². The van der Waals surface area contributed by atoms with Crippen LogP contribution in [-0.2, 0) is 17.4 Å². The first-order valence-electron chi connectivity index (χ1n) is 4.67. The van der Waals surface area contributed by atoms with E-state index in [2.05, 4.69) is 9.68 Å². The van der Waals surface area contributed by atoms with E-state index in [1.807, 2.05) is 0 Å². The first-order chi connectivity index (χ1) is 7.39. The molecule has 1 heterocycles. The Morgan fingerprint density at radius 2 is 2.25 bits per heavy atom. The molecule has 1 aliphatic carbocycles. The van der Waals surface area contributed by atoms with Gasteiger partial charge in [0.1, 0.15) is 5.76 Å². The molecule has 0 spiro atoms. The zero-order valence-electron chi connectivity index (χ0n) is 8.04. The first kappa shape index (κ1) is 11.0. The fourth-order valence-corrected chi connectivity index (χ4v) is 2.00. The molecule has 2 rings (SSSR count). The van der Waals surface area contributed by atoms with Gasteiger partial charge in [-0.2, -0.15) is 13.2 Å². The zero-order chi connectivity index (χ0) is 11.9. The highest BCUT2D eigenvalue weighted by Crippen LogP contribution is 2.43. The summed E-state index contributed by atoms with van der Waals surface area (Å²) in [6.45, 7) is 0. The highest BCUT2D eigenvalue weighted by atomic mass is 19.4. The lowest BCUT2D eigenvalue weighted by Gasteiger charge is -2.09. The normalized spacial score (nSPS) is 19.8. The summed E-state index contributed by atoms with van der Waals surface area (Å²) in [4.78, 5) is 10.5. The van der Waals surface area contributed by atoms with E-state index in [4.69, 9.17) is 5.11 Å². The van der Waals surface area contributed by atoms with Crippen LogP contribution in [0.4, 0.5) is 13.2 Å². The van der Waals surface area contributed by atoms with E-state index in [0.717, 1.165) is 0 Å². The van der Waals surface area contributed by atoms with Gasteiger partial charge in [0.15, 0.2) is 5.69 Å². The Hall–Kier alpha value is -1.53. The van der Waals surface area contributed by atoms with Crippen LogP contribution in [0.25, 0.3) is 0 Å². The maximum absolute atomic E-state index is 12.5. The third-order valence-corrected chi connectivity index (χ3v) is 2.62. The molecule has 0 radical (unpaired) electrons. The summed E-state index contributed by atoms with van der Waals surface area (Å²) < 4.78 is 42.1. The van der Waals surface area contributed by atoms with Gasteiger partial charge in [-0.05, 0) is 6.42 Å². The number of halogens is 3. The summed E-state index contributed by atoms with van der Waals surface area (Å²) in [5.74, 6) is -1.60. The van der Waals surface area contributed by atoms with E-state index >= 15 is 0 Å². The Kier molecular flexibility index (Phi) is 2.40. The Balaban J connectivity index is 2.36. The standard InChI is InChI=1S/C9H8F3NO3/c10-9(11,12)8-7-4(3-6(14)15)1-2-5(7)16-13-8/h4H,1-3H2,(H,14,15). The van der Waals surface area contributed by atoms with Crippen LogP contribution < -0.4 is 0 Å². The van der Waals surface area contributed by atoms with Crippen LogP contribution in [0.1, 0.15) is 35.8 Å². The van der Waals surface area contributed by atoms with Crippen molar-refractivity contribution in [2.75, 3.05) is 0 Å². The molecule has 0 saturated carbocycles. The molecule has 1 aliphatic rings.